The Bertz CT molecular complexity index is 747. The molecule has 0 spiro atoms. The van der Waals surface area contributed by atoms with Gasteiger partial charge in [-0.1, -0.05) is 0 Å². The molecule has 6 nitrogen and oxygen atoms in total. The van der Waals surface area contributed by atoms with E-state index in [0.717, 1.165) is 16.8 Å². The molecule has 0 radical (unpaired) electrons. The fraction of sp³-hybridized carbons (Fsp3) is 0.438. The lowest BCUT2D eigenvalue weighted by Crippen LogP contribution is -2.40. The highest BCUT2D eigenvalue weighted by atomic mass is 32.1. The molecular weight excluding hydrogens is 367 g/mol. The lowest BCUT2D eigenvalue weighted by atomic mass is 10.2. The maximum absolute atomic E-state index is 12.9. The van der Waals surface area contributed by atoms with Crippen LogP contribution in [-0.4, -0.2) is 48.1 Å². The van der Waals surface area contributed by atoms with Gasteiger partial charge in [0.15, 0.2) is 5.96 Å². The minimum Gasteiger partial charge on any atom is -0.475 e. The SMILES string of the molecule is CN=C(NCCOc1ncccc1C(F)(F)F)N(C)Cc1csc(C)n1. The number of aryl methyl sites for hydroxylation is 1. The zero-order chi connectivity index (χ0) is 19.2. The number of thiazole rings is 1. The number of ether oxygens (including phenoxy) is 1. The first-order valence-corrected chi connectivity index (χ1v) is 8.67. The molecule has 0 aliphatic rings. The molecule has 0 bridgehead atoms. The lowest BCUT2D eigenvalue weighted by Gasteiger charge is -2.21. The number of nitrogens with one attached hydrogen (secondary N) is 1. The van der Waals surface area contributed by atoms with E-state index in [1.807, 2.05) is 24.3 Å². The molecule has 2 aromatic rings. The highest BCUT2D eigenvalue weighted by Gasteiger charge is 2.34. The fourth-order valence-electron chi connectivity index (χ4n) is 2.22. The Morgan fingerprint density at radius 1 is 1.42 bits per heavy atom. The first-order chi connectivity index (χ1) is 12.3. The van der Waals surface area contributed by atoms with Gasteiger partial charge in [0.25, 0.3) is 0 Å². The van der Waals surface area contributed by atoms with Crippen LogP contribution in [0.15, 0.2) is 28.7 Å². The van der Waals surface area contributed by atoms with Gasteiger partial charge in [0.05, 0.1) is 23.8 Å². The number of alkyl halides is 3. The Labute approximate surface area is 153 Å². The molecule has 0 amide bonds. The second-order valence-electron chi connectivity index (χ2n) is 5.39. The van der Waals surface area contributed by atoms with Crippen LogP contribution in [0.1, 0.15) is 16.3 Å². The zero-order valence-electron chi connectivity index (χ0n) is 14.7. The minimum atomic E-state index is -4.50. The fourth-order valence-corrected chi connectivity index (χ4v) is 2.82. The van der Waals surface area contributed by atoms with Crippen molar-refractivity contribution in [1.82, 2.24) is 20.2 Å². The highest BCUT2D eigenvalue weighted by Crippen LogP contribution is 2.34. The molecule has 10 heteroatoms. The van der Waals surface area contributed by atoms with Crippen molar-refractivity contribution in [3.63, 3.8) is 0 Å². The third-order valence-electron chi connectivity index (χ3n) is 3.34. The van der Waals surface area contributed by atoms with Crippen molar-refractivity contribution in [3.05, 3.63) is 40.0 Å². The number of rotatable bonds is 6. The standard InChI is InChI=1S/C16H20F3N5OS/c1-11-23-12(10-26-11)9-24(3)15(20-2)22-7-8-25-14-13(16(17,18)19)5-4-6-21-14/h4-6,10H,7-9H2,1-3H3,(H,20,22). The van der Waals surface area contributed by atoms with Gasteiger partial charge < -0.3 is 15.0 Å². The van der Waals surface area contributed by atoms with Gasteiger partial charge in [-0.25, -0.2) is 9.97 Å². The molecule has 0 fully saturated rings. The number of hydrogen-bond donors (Lipinski definition) is 1. The number of pyridine rings is 1. The van der Waals surface area contributed by atoms with Gasteiger partial charge in [0.1, 0.15) is 12.2 Å². The average molecular weight is 387 g/mol. The Hall–Kier alpha value is -2.36. The zero-order valence-corrected chi connectivity index (χ0v) is 15.5. The van der Waals surface area contributed by atoms with E-state index in [-0.39, 0.29) is 13.2 Å². The van der Waals surface area contributed by atoms with Crippen molar-refractivity contribution >= 4 is 17.3 Å². The Balaban J connectivity index is 1.85. The Morgan fingerprint density at radius 2 is 2.19 bits per heavy atom. The number of nitrogens with zero attached hydrogens (tertiary/aromatic N) is 4. The first-order valence-electron chi connectivity index (χ1n) is 7.79. The third kappa shape index (κ3) is 5.58. The molecule has 0 aliphatic carbocycles. The molecule has 2 rings (SSSR count). The number of hydrogen-bond acceptors (Lipinski definition) is 5. The molecule has 1 N–H and O–H groups in total. The number of aromatic nitrogens is 2. The van der Waals surface area contributed by atoms with Crippen molar-refractivity contribution in [2.45, 2.75) is 19.6 Å². The molecule has 0 aliphatic heterocycles. The van der Waals surface area contributed by atoms with Crippen molar-refractivity contribution in [1.29, 1.82) is 0 Å². The third-order valence-corrected chi connectivity index (χ3v) is 4.16. The van der Waals surface area contributed by atoms with E-state index in [1.165, 1.54) is 12.3 Å². The van der Waals surface area contributed by atoms with Gasteiger partial charge in [0, 0.05) is 25.7 Å². The number of halogens is 3. The van der Waals surface area contributed by atoms with Crippen molar-refractivity contribution in [3.8, 4) is 5.88 Å². The molecule has 0 atom stereocenters. The quantitative estimate of drug-likeness (QED) is 0.469. The van der Waals surface area contributed by atoms with Crippen LogP contribution in [0, 0.1) is 6.92 Å². The molecule has 26 heavy (non-hydrogen) atoms. The van der Waals surface area contributed by atoms with Gasteiger partial charge in [-0.05, 0) is 19.1 Å². The summed E-state index contributed by atoms with van der Waals surface area (Å²) in [7, 11) is 3.48. The predicted octanol–water partition coefficient (Wildman–Crippen LogP) is 2.95. The van der Waals surface area contributed by atoms with Crippen LogP contribution in [0.3, 0.4) is 0 Å². The van der Waals surface area contributed by atoms with Crippen molar-refractivity contribution < 1.29 is 17.9 Å². The van der Waals surface area contributed by atoms with Gasteiger partial charge in [-0.3, -0.25) is 4.99 Å². The second-order valence-corrected chi connectivity index (χ2v) is 6.45. The summed E-state index contributed by atoms with van der Waals surface area (Å²) in [5.74, 6) is 0.166. The maximum atomic E-state index is 12.9. The minimum absolute atomic E-state index is 0.0166. The topological polar surface area (TPSA) is 62.6 Å². The van der Waals surface area contributed by atoms with Crippen LogP contribution in [-0.2, 0) is 12.7 Å². The summed E-state index contributed by atoms with van der Waals surface area (Å²) in [6.45, 7) is 2.80. The molecule has 2 aromatic heterocycles. The van der Waals surface area contributed by atoms with E-state index in [4.69, 9.17) is 4.74 Å². The summed E-state index contributed by atoms with van der Waals surface area (Å²) < 4.78 is 43.8. The van der Waals surface area contributed by atoms with Crippen LogP contribution < -0.4 is 10.1 Å². The van der Waals surface area contributed by atoms with Gasteiger partial charge in [-0.2, -0.15) is 13.2 Å². The molecule has 0 aromatic carbocycles. The van der Waals surface area contributed by atoms with E-state index >= 15 is 0 Å². The van der Waals surface area contributed by atoms with Crippen LogP contribution in [0.4, 0.5) is 13.2 Å². The Morgan fingerprint density at radius 3 is 2.81 bits per heavy atom. The molecule has 0 saturated heterocycles. The van der Waals surface area contributed by atoms with E-state index in [9.17, 15) is 13.2 Å². The molecule has 0 unspecified atom stereocenters. The highest BCUT2D eigenvalue weighted by molar-refractivity contribution is 7.09. The predicted molar refractivity (Wildman–Crippen MR) is 94.4 cm³/mol. The average Bonchev–Trinajstić information content (AvgIpc) is 2.99. The normalized spacial score (nSPS) is 12.2. The van der Waals surface area contributed by atoms with E-state index < -0.39 is 17.6 Å². The van der Waals surface area contributed by atoms with Crippen molar-refractivity contribution in [2.75, 3.05) is 27.2 Å². The summed E-state index contributed by atoms with van der Waals surface area (Å²) in [5, 5.41) is 6.00. The molecule has 2 heterocycles. The summed E-state index contributed by atoms with van der Waals surface area (Å²) in [5.41, 5.74) is 0.0397. The van der Waals surface area contributed by atoms with Crippen LogP contribution in [0.5, 0.6) is 5.88 Å². The number of guanidine groups is 1. The van der Waals surface area contributed by atoms with Crippen LogP contribution >= 0.6 is 11.3 Å². The first kappa shape index (κ1) is 20.0. The maximum Gasteiger partial charge on any atom is 0.421 e. The summed E-state index contributed by atoms with van der Waals surface area (Å²) in [6.07, 6.45) is -3.24. The molecule has 0 saturated carbocycles. The lowest BCUT2D eigenvalue weighted by molar-refractivity contribution is -0.139. The molecule has 142 valence electrons. The van der Waals surface area contributed by atoms with E-state index in [0.29, 0.717) is 12.5 Å². The monoisotopic (exact) mass is 387 g/mol. The smallest absolute Gasteiger partial charge is 0.421 e. The summed E-state index contributed by atoms with van der Waals surface area (Å²) in [4.78, 5) is 14.1. The summed E-state index contributed by atoms with van der Waals surface area (Å²) >= 11 is 1.57. The van der Waals surface area contributed by atoms with Crippen LogP contribution in [0.2, 0.25) is 0 Å². The Kier molecular flexibility index (Phi) is 6.78. The van der Waals surface area contributed by atoms with Gasteiger partial charge in [-0.15, -0.1) is 11.3 Å². The molecular formula is C16H20F3N5OS. The van der Waals surface area contributed by atoms with Crippen molar-refractivity contribution in [2.24, 2.45) is 4.99 Å². The van der Waals surface area contributed by atoms with Gasteiger partial charge >= 0.3 is 6.18 Å². The van der Waals surface area contributed by atoms with Crippen LogP contribution in [0.25, 0.3) is 0 Å². The van der Waals surface area contributed by atoms with E-state index in [1.54, 1.807) is 18.4 Å². The summed E-state index contributed by atoms with van der Waals surface area (Å²) in [6, 6.07) is 2.17. The number of aliphatic imine (C=N–C) groups is 1. The van der Waals surface area contributed by atoms with Gasteiger partial charge in [0.2, 0.25) is 5.88 Å². The second kappa shape index (κ2) is 8.84. The largest absolute Gasteiger partial charge is 0.475 e. The van der Waals surface area contributed by atoms with E-state index in [2.05, 4.69) is 20.3 Å².